The van der Waals surface area contributed by atoms with Crippen LogP contribution in [0.2, 0.25) is 0 Å². The number of carbonyl (C=O) groups excluding carboxylic acids is 1. The first-order chi connectivity index (χ1) is 11.1. The van der Waals surface area contributed by atoms with Crippen molar-refractivity contribution in [1.82, 2.24) is 10.6 Å². The molecule has 24 heavy (non-hydrogen) atoms. The van der Waals surface area contributed by atoms with Crippen molar-refractivity contribution >= 4 is 6.03 Å². The lowest BCUT2D eigenvalue weighted by Crippen LogP contribution is -2.43. The third-order valence-corrected chi connectivity index (χ3v) is 3.70. The van der Waals surface area contributed by atoms with Crippen molar-refractivity contribution in [2.75, 3.05) is 6.61 Å². The van der Waals surface area contributed by atoms with Crippen molar-refractivity contribution in [3.8, 4) is 0 Å². The second-order valence-electron chi connectivity index (χ2n) is 6.23. The third-order valence-electron chi connectivity index (χ3n) is 3.70. The summed E-state index contributed by atoms with van der Waals surface area (Å²) in [6.45, 7) is 5.52. The lowest BCUT2D eigenvalue weighted by Gasteiger charge is -2.25. The molecule has 1 rings (SSSR count). The zero-order valence-electron chi connectivity index (χ0n) is 14.2. The van der Waals surface area contributed by atoms with Crippen LogP contribution in [0.5, 0.6) is 0 Å². The second-order valence-corrected chi connectivity index (χ2v) is 6.23. The van der Waals surface area contributed by atoms with Crippen molar-refractivity contribution in [3.05, 3.63) is 35.4 Å². The van der Waals surface area contributed by atoms with Gasteiger partial charge in [0.25, 0.3) is 0 Å². The quantitative estimate of drug-likeness (QED) is 0.702. The predicted molar refractivity (Wildman–Crippen MR) is 86.5 cm³/mol. The minimum absolute atomic E-state index is 0.0481. The minimum Gasteiger partial charge on any atom is -0.396 e. The van der Waals surface area contributed by atoms with E-state index in [0.29, 0.717) is 18.4 Å². The molecule has 2 unspecified atom stereocenters. The zero-order valence-corrected chi connectivity index (χ0v) is 14.2. The molecule has 0 aliphatic rings. The van der Waals surface area contributed by atoms with Gasteiger partial charge in [0.15, 0.2) is 0 Å². The molecule has 4 nitrogen and oxygen atoms in total. The summed E-state index contributed by atoms with van der Waals surface area (Å²) in [6, 6.07) is 3.91. The maximum atomic E-state index is 12.9. The number of urea groups is 1. The highest BCUT2D eigenvalue weighted by atomic mass is 19.4. The molecule has 7 heteroatoms. The molecule has 0 heterocycles. The van der Waals surface area contributed by atoms with E-state index in [2.05, 4.69) is 10.6 Å². The van der Waals surface area contributed by atoms with Crippen molar-refractivity contribution < 1.29 is 23.1 Å². The summed E-state index contributed by atoms with van der Waals surface area (Å²) in [5.41, 5.74) is -0.317. The molecular formula is C17H25F3N2O2. The van der Waals surface area contributed by atoms with Gasteiger partial charge in [0.05, 0.1) is 11.6 Å². The molecule has 2 amide bonds. The van der Waals surface area contributed by atoms with Gasteiger partial charge in [0, 0.05) is 12.6 Å². The van der Waals surface area contributed by atoms with Crippen molar-refractivity contribution in [2.24, 2.45) is 5.92 Å². The SMILES string of the molecule is CC(CCCO)NC(=O)NC(c1cccc(C(F)(F)F)c1)C(C)C. The van der Waals surface area contributed by atoms with Crippen LogP contribution in [0, 0.1) is 5.92 Å². The number of halogens is 3. The smallest absolute Gasteiger partial charge is 0.396 e. The fourth-order valence-electron chi connectivity index (χ4n) is 2.42. The van der Waals surface area contributed by atoms with Crippen LogP contribution in [0.3, 0.4) is 0 Å². The van der Waals surface area contributed by atoms with Crippen LogP contribution in [0.25, 0.3) is 0 Å². The Kier molecular flexibility index (Phi) is 7.54. The first-order valence-corrected chi connectivity index (χ1v) is 8.00. The normalized spacial score (nSPS) is 14.3. The van der Waals surface area contributed by atoms with Crippen LogP contribution in [0.15, 0.2) is 24.3 Å². The van der Waals surface area contributed by atoms with Gasteiger partial charge in [0.1, 0.15) is 0 Å². The Morgan fingerprint density at radius 3 is 2.42 bits per heavy atom. The topological polar surface area (TPSA) is 61.4 Å². The van der Waals surface area contributed by atoms with Crippen LogP contribution in [0.1, 0.15) is 50.8 Å². The molecule has 1 aromatic carbocycles. The Morgan fingerprint density at radius 2 is 1.88 bits per heavy atom. The fraction of sp³-hybridized carbons (Fsp3) is 0.588. The third kappa shape index (κ3) is 6.39. The van der Waals surface area contributed by atoms with Gasteiger partial charge >= 0.3 is 12.2 Å². The first kappa shape index (κ1) is 20.3. The molecular weight excluding hydrogens is 321 g/mol. The molecule has 0 aliphatic carbocycles. The number of amides is 2. The van der Waals surface area contributed by atoms with Gasteiger partial charge < -0.3 is 15.7 Å². The van der Waals surface area contributed by atoms with Crippen molar-refractivity contribution in [3.63, 3.8) is 0 Å². The molecule has 0 saturated heterocycles. The first-order valence-electron chi connectivity index (χ1n) is 8.00. The van der Waals surface area contributed by atoms with Gasteiger partial charge in [-0.05, 0) is 43.4 Å². The standard InChI is InChI=1S/C17H25F3N2O2/c1-11(2)15(22-16(24)21-12(3)6-5-9-23)13-7-4-8-14(10-13)17(18,19)20/h4,7-8,10-12,15,23H,5-6,9H2,1-3H3,(H2,21,22,24). The van der Waals surface area contributed by atoms with E-state index in [0.717, 1.165) is 12.1 Å². The maximum absolute atomic E-state index is 12.9. The Hall–Kier alpha value is -1.76. The number of hydrogen-bond donors (Lipinski definition) is 3. The van der Waals surface area contributed by atoms with E-state index in [1.165, 1.54) is 6.07 Å². The number of aliphatic hydroxyl groups excluding tert-OH is 1. The number of rotatable bonds is 7. The highest BCUT2D eigenvalue weighted by Crippen LogP contribution is 2.32. The molecule has 0 bridgehead atoms. The van der Waals surface area contributed by atoms with E-state index < -0.39 is 23.8 Å². The summed E-state index contributed by atoms with van der Waals surface area (Å²) in [5, 5.41) is 14.3. The molecule has 0 saturated carbocycles. The molecule has 0 aliphatic heterocycles. The molecule has 1 aromatic rings. The van der Waals surface area contributed by atoms with Crippen molar-refractivity contribution in [1.29, 1.82) is 0 Å². The van der Waals surface area contributed by atoms with Crippen LogP contribution < -0.4 is 10.6 Å². The number of hydrogen-bond acceptors (Lipinski definition) is 2. The summed E-state index contributed by atoms with van der Waals surface area (Å²) in [4.78, 5) is 12.1. The number of benzene rings is 1. The van der Waals surface area contributed by atoms with Gasteiger partial charge in [0.2, 0.25) is 0 Å². The highest BCUT2D eigenvalue weighted by Gasteiger charge is 2.31. The van der Waals surface area contributed by atoms with Crippen LogP contribution in [-0.4, -0.2) is 23.8 Å². The molecule has 3 N–H and O–H groups in total. The minimum atomic E-state index is -4.42. The van der Waals surface area contributed by atoms with E-state index in [1.54, 1.807) is 6.07 Å². The average molecular weight is 346 g/mol. The van der Waals surface area contributed by atoms with Gasteiger partial charge in [-0.3, -0.25) is 0 Å². The van der Waals surface area contributed by atoms with E-state index in [4.69, 9.17) is 5.11 Å². The predicted octanol–water partition coefficient (Wildman–Crippen LogP) is 3.86. The maximum Gasteiger partial charge on any atom is 0.416 e. The van der Waals surface area contributed by atoms with E-state index in [-0.39, 0.29) is 18.6 Å². The summed E-state index contributed by atoms with van der Waals surface area (Å²) < 4.78 is 38.6. The summed E-state index contributed by atoms with van der Waals surface area (Å²) in [6.07, 6.45) is -3.22. The number of alkyl halides is 3. The number of aliphatic hydroxyl groups is 1. The lowest BCUT2D eigenvalue weighted by atomic mass is 9.94. The lowest BCUT2D eigenvalue weighted by molar-refractivity contribution is -0.137. The monoisotopic (exact) mass is 346 g/mol. The molecule has 0 aromatic heterocycles. The Bertz CT molecular complexity index is 533. The second kappa shape index (κ2) is 8.92. The largest absolute Gasteiger partial charge is 0.416 e. The number of carbonyl (C=O) groups is 1. The van der Waals surface area contributed by atoms with Crippen LogP contribution >= 0.6 is 0 Å². The van der Waals surface area contributed by atoms with E-state index >= 15 is 0 Å². The molecule has 0 fully saturated rings. The van der Waals surface area contributed by atoms with Gasteiger partial charge in [-0.25, -0.2) is 4.79 Å². The van der Waals surface area contributed by atoms with E-state index in [9.17, 15) is 18.0 Å². The summed E-state index contributed by atoms with van der Waals surface area (Å²) >= 11 is 0. The summed E-state index contributed by atoms with van der Waals surface area (Å²) in [7, 11) is 0. The molecule has 0 spiro atoms. The van der Waals surface area contributed by atoms with Crippen LogP contribution in [0.4, 0.5) is 18.0 Å². The Labute approximate surface area is 140 Å². The number of nitrogens with one attached hydrogen (secondary N) is 2. The average Bonchev–Trinajstić information content (AvgIpc) is 2.49. The highest BCUT2D eigenvalue weighted by molar-refractivity contribution is 5.74. The molecule has 0 radical (unpaired) electrons. The Morgan fingerprint density at radius 1 is 1.21 bits per heavy atom. The van der Waals surface area contributed by atoms with Gasteiger partial charge in [-0.15, -0.1) is 0 Å². The Balaban J connectivity index is 2.83. The molecule has 2 atom stereocenters. The fourth-order valence-corrected chi connectivity index (χ4v) is 2.42. The van der Waals surface area contributed by atoms with Gasteiger partial charge in [-0.1, -0.05) is 26.0 Å². The summed E-state index contributed by atoms with van der Waals surface area (Å²) in [5.74, 6) is -0.0769. The molecule has 136 valence electrons. The zero-order chi connectivity index (χ0) is 18.3. The van der Waals surface area contributed by atoms with Crippen LogP contribution in [-0.2, 0) is 6.18 Å². The van der Waals surface area contributed by atoms with Crippen molar-refractivity contribution in [2.45, 2.75) is 51.9 Å². The van der Waals surface area contributed by atoms with E-state index in [1.807, 2.05) is 20.8 Å². The van der Waals surface area contributed by atoms with Gasteiger partial charge in [-0.2, -0.15) is 13.2 Å².